The Bertz CT molecular complexity index is 614. The highest BCUT2D eigenvalue weighted by Gasteiger charge is 2.21. The molecule has 2 rings (SSSR count). The van der Waals surface area contributed by atoms with E-state index < -0.39 is 11.9 Å². The number of aliphatic carboxylic acids is 1. The second-order valence-electron chi connectivity index (χ2n) is 6.04. The van der Waals surface area contributed by atoms with Crippen LogP contribution >= 0.6 is 0 Å². The van der Waals surface area contributed by atoms with Gasteiger partial charge in [0, 0.05) is 38.7 Å². The second kappa shape index (κ2) is 7.26. The van der Waals surface area contributed by atoms with Gasteiger partial charge in [0.1, 0.15) is 0 Å². The van der Waals surface area contributed by atoms with Crippen molar-refractivity contribution in [2.24, 2.45) is 5.92 Å². The molecule has 124 valence electrons. The Hall–Kier alpha value is -2.37. The zero-order valence-electron chi connectivity index (χ0n) is 13.5. The van der Waals surface area contributed by atoms with Crippen LogP contribution < -0.4 is 0 Å². The van der Waals surface area contributed by atoms with Crippen molar-refractivity contribution in [2.75, 3.05) is 20.1 Å². The highest BCUT2D eigenvalue weighted by atomic mass is 16.4. The average molecular weight is 318 g/mol. The topological polar surface area (TPSA) is 77.9 Å². The van der Waals surface area contributed by atoms with Crippen molar-refractivity contribution in [2.45, 2.75) is 26.3 Å². The van der Waals surface area contributed by atoms with E-state index in [9.17, 15) is 14.4 Å². The van der Waals surface area contributed by atoms with Gasteiger partial charge >= 0.3 is 5.97 Å². The van der Waals surface area contributed by atoms with E-state index in [1.54, 1.807) is 37.1 Å². The lowest BCUT2D eigenvalue weighted by Crippen LogP contribution is -2.33. The van der Waals surface area contributed by atoms with Gasteiger partial charge in [-0.25, -0.2) is 0 Å². The molecule has 0 aromatic heterocycles. The molecule has 0 bridgehead atoms. The van der Waals surface area contributed by atoms with Crippen LogP contribution in [0.4, 0.5) is 0 Å². The predicted molar refractivity (Wildman–Crippen MR) is 84.9 cm³/mol. The second-order valence-corrected chi connectivity index (χ2v) is 6.04. The molecule has 2 amide bonds. The lowest BCUT2D eigenvalue weighted by atomic mass is 10.1. The molecule has 1 heterocycles. The minimum absolute atomic E-state index is 0.147. The molecule has 0 saturated carbocycles. The molecule has 1 atom stereocenters. The molecule has 1 N–H and O–H groups in total. The maximum atomic E-state index is 12.4. The first-order chi connectivity index (χ1) is 10.9. The lowest BCUT2D eigenvalue weighted by molar-refractivity contribution is -0.141. The van der Waals surface area contributed by atoms with Crippen molar-refractivity contribution in [3.8, 4) is 0 Å². The average Bonchev–Trinajstić information content (AvgIpc) is 2.91. The van der Waals surface area contributed by atoms with Gasteiger partial charge in [-0.1, -0.05) is 19.1 Å². The van der Waals surface area contributed by atoms with Crippen LogP contribution in [0.15, 0.2) is 24.3 Å². The fourth-order valence-corrected chi connectivity index (χ4v) is 2.69. The first-order valence-corrected chi connectivity index (χ1v) is 7.73. The van der Waals surface area contributed by atoms with Crippen molar-refractivity contribution in [3.05, 3.63) is 35.4 Å². The summed E-state index contributed by atoms with van der Waals surface area (Å²) < 4.78 is 0. The highest BCUT2D eigenvalue weighted by molar-refractivity contribution is 5.94. The Kier molecular flexibility index (Phi) is 5.36. The molecule has 1 aliphatic rings. The molecule has 1 fully saturated rings. The van der Waals surface area contributed by atoms with Crippen molar-refractivity contribution in [3.63, 3.8) is 0 Å². The van der Waals surface area contributed by atoms with Crippen LogP contribution in [0.25, 0.3) is 0 Å². The van der Waals surface area contributed by atoms with E-state index in [0.29, 0.717) is 18.5 Å². The number of carboxylic acid groups (broad SMARTS) is 1. The standard InChI is InChI=1S/C17H22N2O4/c1-12(17(22)23)10-18(2)16(21)14-6-3-5-13(9-14)11-19-8-4-7-15(19)20/h3,5-6,9,12H,4,7-8,10-11H2,1-2H3,(H,22,23). The molecule has 0 radical (unpaired) electrons. The molecule has 6 nitrogen and oxygen atoms in total. The SMILES string of the molecule is CC(CN(C)C(=O)c1cccc(CN2CCCC2=O)c1)C(=O)O. The summed E-state index contributed by atoms with van der Waals surface area (Å²) >= 11 is 0. The largest absolute Gasteiger partial charge is 0.481 e. The van der Waals surface area contributed by atoms with Crippen molar-refractivity contribution in [1.82, 2.24) is 9.80 Å². The van der Waals surface area contributed by atoms with Crippen LogP contribution in [0.1, 0.15) is 35.7 Å². The maximum absolute atomic E-state index is 12.4. The number of carboxylic acids is 1. The minimum Gasteiger partial charge on any atom is -0.481 e. The van der Waals surface area contributed by atoms with Crippen LogP contribution in [0.5, 0.6) is 0 Å². The van der Waals surface area contributed by atoms with Crippen LogP contribution in [-0.2, 0) is 16.1 Å². The summed E-state index contributed by atoms with van der Waals surface area (Å²) in [6.07, 6.45) is 1.47. The summed E-state index contributed by atoms with van der Waals surface area (Å²) in [4.78, 5) is 38.2. The van der Waals surface area contributed by atoms with Gasteiger partial charge in [-0.15, -0.1) is 0 Å². The van der Waals surface area contributed by atoms with E-state index in [4.69, 9.17) is 5.11 Å². The minimum atomic E-state index is -0.925. The number of hydrogen-bond donors (Lipinski definition) is 1. The first-order valence-electron chi connectivity index (χ1n) is 7.73. The molecule has 23 heavy (non-hydrogen) atoms. The number of amides is 2. The molecular weight excluding hydrogens is 296 g/mol. The smallest absolute Gasteiger partial charge is 0.308 e. The Morgan fingerprint density at radius 2 is 2.13 bits per heavy atom. The molecule has 1 aromatic carbocycles. The van der Waals surface area contributed by atoms with Gasteiger partial charge in [-0.05, 0) is 24.1 Å². The summed E-state index contributed by atoms with van der Waals surface area (Å²) in [7, 11) is 1.60. The predicted octanol–water partition coefficient (Wildman–Crippen LogP) is 1.60. The number of carbonyl (C=O) groups excluding carboxylic acids is 2. The van der Waals surface area contributed by atoms with Crippen molar-refractivity contribution in [1.29, 1.82) is 0 Å². The monoisotopic (exact) mass is 318 g/mol. The Morgan fingerprint density at radius 1 is 1.39 bits per heavy atom. The first kappa shape index (κ1) is 17.0. The summed E-state index contributed by atoms with van der Waals surface area (Å²) in [5.41, 5.74) is 1.42. The van der Waals surface area contributed by atoms with Crippen LogP contribution in [-0.4, -0.2) is 52.8 Å². The molecule has 0 aliphatic carbocycles. The number of rotatable bonds is 6. The molecule has 0 spiro atoms. The van der Waals surface area contributed by atoms with E-state index in [1.165, 1.54) is 4.90 Å². The van der Waals surface area contributed by atoms with Gasteiger partial charge < -0.3 is 14.9 Å². The number of nitrogens with zero attached hydrogens (tertiary/aromatic N) is 2. The molecule has 1 unspecified atom stereocenters. The Balaban J connectivity index is 2.04. The van der Waals surface area contributed by atoms with Crippen molar-refractivity contribution >= 4 is 17.8 Å². The third-order valence-electron chi connectivity index (χ3n) is 4.03. The number of likely N-dealkylation sites (tertiary alicyclic amines) is 1. The fraction of sp³-hybridized carbons (Fsp3) is 0.471. The zero-order chi connectivity index (χ0) is 17.0. The summed E-state index contributed by atoms with van der Waals surface area (Å²) in [5, 5.41) is 8.94. The molecular formula is C17H22N2O4. The van der Waals surface area contributed by atoms with Crippen LogP contribution in [0, 0.1) is 5.92 Å². The maximum Gasteiger partial charge on any atom is 0.308 e. The van der Waals surface area contributed by atoms with Gasteiger partial charge in [0.25, 0.3) is 5.91 Å². The van der Waals surface area contributed by atoms with E-state index in [1.807, 2.05) is 6.07 Å². The van der Waals surface area contributed by atoms with E-state index in [2.05, 4.69) is 0 Å². The van der Waals surface area contributed by atoms with E-state index >= 15 is 0 Å². The van der Waals surface area contributed by atoms with Crippen LogP contribution in [0.2, 0.25) is 0 Å². The zero-order valence-corrected chi connectivity index (χ0v) is 13.5. The molecule has 1 saturated heterocycles. The quantitative estimate of drug-likeness (QED) is 0.864. The summed E-state index contributed by atoms with van der Waals surface area (Å²) in [5.74, 6) is -1.61. The van der Waals surface area contributed by atoms with E-state index in [-0.39, 0.29) is 18.4 Å². The van der Waals surface area contributed by atoms with Gasteiger partial charge in [0.15, 0.2) is 0 Å². The van der Waals surface area contributed by atoms with Gasteiger partial charge in [0.2, 0.25) is 5.91 Å². The lowest BCUT2D eigenvalue weighted by Gasteiger charge is -2.20. The normalized spacial score (nSPS) is 15.6. The Morgan fingerprint density at radius 3 is 2.74 bits per heavy atom. The molecule has 1 aromatic rings. The Labute approximate surface area is 135 Å². The third-order valence-corrected chi connectivity index (χ3v) is 4.03. The molecule has 1 aliphatic heterocycles. The summed E-state index contributed by atoms with van der Waals surface area (Å²) in [6, 6.07) is 7.16. The van der Waals surface area contributed by atoms with Crippen LogP contribution in [0.3, 0.4) is 0 Å². The van der Waals surface area contributed by atoms with E-state index in [0.717, 1.165) is 18.5 Å². The molecule has 6 heteroatoms. The highest BCUT2D eigenvalue weighted by Crippen LogP contribution is 2.16. The van der Waals surface area contributed by atoms with Gasteiger partial charge in [-0.3, -0.25) is 14.4 Å². The summed E-state index contributed by atoms with van der Waals surface area (Å²) in [6.45, 7) is 2.99. The fourth-order valence-electron chi connectivity index (χ4n) is 2.69. The van der Waals surface area contributed by atoms with Gasteiger partial charge in [0.05, 0.1) is 5.92 Å². The van der Waals surface area contributed by atoms with Crippen molar-refractivity contribution < 1.29 is 19.5 Å². The van der Waals surface area contributed by atoms with Gasteiger partial charge in [-0.2, -0.15) is 0 Å². The number of carbonyl (C=O) groups is 3. The number of benzene rings is 1. The number of hydrogen-bond acceptors (Lipinski definition) is 3. The third kappa shape index (κ3) is 4.31.